The van der Waals surface area contributed by atoms with Gasteiger partial charge in [0.05, 0.1) is 5.54 Å². The van der Waals surface area contributed by atoms with Crippen LogP contribution < -0.4 is 11.1 Å². The van der Waals surface area contributed by atoms with E-state index in [4.69, 9.17) is 10.2 Å². The standard InChI is InChI=1S/C17H22N2O2.ClH/c18-17(9-4-1-5-10-17)16(20)19-11-8-14-12-13-6-2-3-7-15(13)21-14;/h2-3,6-7,12H,1,4-5,8-11,18H2,(H,19,20);1H. The minimum absolute atomic E-state index is 0. The van der Waals surface area contributed by atoms with Gasteiger partial charge in [-0.15, -0.1) is 12.4 Å². The van der Waals surface area contributed by atoms with Crippen LogP contribution in [0, 0.1) is 0 Å². The Kier molecular flexibility index (Phi) is 5.48. The highest BCUT2D eigenvalue weighted by atomic mass is 35.5. The molecule has 0 saturated heterocycles. The number of carbonyl (C=O) groups excluding carboxylic acids is 1. The second-order valence-electron chi connectivity index (χ2n) is 5.97. The van der Waals surface area contributed by atoms with Crippen molar-refractivity contribution in [3.63, 3.8) is 0 Å². The summed E-state index contributed by atoms with van der Waals surface area (Å²) in [4.78, 5) is 12.2. The minimum atomic E-state index is -0.661. The van der Waals surface area contributed by atoms with E-state index in [2.05, 4.69) is 5.32 Å². The lowest BCUT2D eigenvalue weighted by molar-refractivity contribution is -0.127. The predicted octanol–water partition coefficient (Wildman–Crippen LogP) is 3.17. The summed E-state index contributed by atoms with van der Waals surface area (Å²) in [6, 6.07) is 9.95. The second-order valence-corrected chi connectivity index (χ2v) is 5.97. The number of para-hydroxylation sites is 1. The molecular formula is C17H23ClN2O2. The maximum atomic E-state index is 12.2. The zero-order valence-electron chi connectivity index (χ0n) is 12.6. The van der Waals surface area contributed by atoms with Crippen LogP contribution in [-0.4, -0.2) is 18.0 Å². The van der Waals surface area contributed by atoms with Gasteiger partial charge in [-0.05, 0) is 25.0 Å². The SMILES string of the molecule is Cl.NC1(C(=O)NCCc2cc3ccccc3o2)CCCCC1. The summed E-state index contributed by atoms with van der Waals surface area (Å²) < 4.78 is 5.74. The Morgan fingerprint density at radius 2 is 1.95 bits per heavy atom. The van der Waals surface area contributed by atoms with Crippen LogP contribution in [0.2, 0.25) is 0 Å². The molecule has 1 saturated carbocycles. The summed E-state index contributed by atoms with van der Waals surface area (Å²) in [6.45, 7) is 0.567. The van der Waals surface area contributed by atoms with E-state index in [0.717, 1.165) is 42.4 Å². The number of benzene rings is 1. The molecule has 0 bridgehead atoms. The van der Waals surface area contributed by atoms with Crippen molar-refractivity contribution >= 4 is 29.3 Å². The van der Waals surface area contributed by atoms with E-state index < -0.39 is 5.54 Å². The van der Waals surface area contributed by atoms with Gasteiger partial charge < -0.3 is 15.5 Å². The van der Waals surface area contributed by atoms with E-state index >= 15 is 0 Å². The maximum absolute atomic E-state index is 12.2. The number of amides is 1. The summed E-state index contributed by atoms with van der Waals surface area (Å²) in [6.07, 6.45) is 5.57. The van der Waals surface area contributed by atoms with Crippen LogP contribution in [0.15, 0.2) is 34.7 Å². The second kappa shape index (κ2) is 7.16. The van der Waals surface area contributed by atoms with Gasteiger partial charge in [-0.25, -0.2) is 0 Å². The van der Waals surface area contributed by atoms with Gasteiger partial charge in [0, 0.05) is 18.4 Å². The van der Waals surface area contributed by atoms with Gasteiger partial charge >= 0.3 is 0 Å². The molecule has 1 aromatic carbocycles. The van der Waals surface area contributed by atoms with Crippen LogP contribution in [0.5, 0.6) is 0 Å². The summed E-state index contributed by atoms with van der Waals surface area (Å²) in [7, 11) is 0. The molecule has 0 spiro atoms. The van der Waals surface area contributed by atoms with E-state index in [1.54, 1.807) is 0 Å². The van der Waals surface area contributed by atoms with E-state index in [1.165, 1.54) is 6.42 Å². The van der Waals surface area contributed by atoms with E-state index in [0.29, 0.717) is 13.0 Å². The Bertz CT molecular complexity index is 599. The monoisotopic (exact) mass is 322 g/mol. The zero-order valence-corrected chi connectivity index (χ0v) is 13.5. The molecule has 2 aromatic rings. The van der Waals surface area contributed by atoms with Crippen LogP contribution in [0.25, 0.3) is 11.0 Å². The molecular weight excluding hydrogens is 300 g/mol. The number of halogens is 1. The number of rotatable bonds is 4. The highest BCUT2D eigenvalue weighted by Crippen LogP contribution is 2.26. The van der Waals surface area contributed by atoms with Crippen molar-refractivity contribution in [1.29, 1.82) is 0 Å². The number of nitrogens with one attached hydrogen (secondary N) is 1. The molecule has 0 atom stereocenters. The Balaban J connectivity index is 0.00000176. The van der Waals surface area contributed by atoms with Gasteiger partial charge in [-0.3, -0.25) is 4.79 Å². The quantitative estimate of drug-likeness (QED) is 0.908. The Labute approximate surface area is 136 Å². The van der Waals surface area contributed by atoms with Gasteiger partial charge in [0.15, 0.2) is 0 Å². The molecule has 0 radical (unpaired) electrons. The van der Waals surface area contributed by atoms with Crippen LogP contribution >= 0.6 is 12.4 Å². The van der Waals surface area contributed by atoms with Crippen molar-refractivity contribution < 1.29 is 9.21 Å². The molecule has 1 heterocycles. The fourth-order valence-electron chi connectivity index (χ4n) is 3.05. The fraction of sp³-hybridized carbons (Fsp3) is 0.471. The van der Waals surface area contributed by atoms with Gasteiger partial charge in [-0.2, -0.15) is 0 Å². The maximum Gasteiger partial charge on any atom is 0.240 e. The van der Waals surface area contributed by atoms with Crippen molar-refractivity contribution in [3.8, 4) is 0 Å². The molecule has 3 rings (SSSR count). The first-order chi connectivity index (χ1) is 10.2. The third-order valence-electron chi connectivity index (χ3n) is 4.33. The third-order valence-corrected chi connectivity index (χ3v) is 4.33. The Hall–Kier alpha value is -1.52. The molecule has 0 aliphatic heterocycles. The molecule has 5 heteroatoms. The summed E-state index contributed by atoms with van der Waals surface area (Å²) in [5.74, 6) is 0.879. The molecule has 1 aliphatic carbocycles. The van der Waals surface area contributed by atoms with Crippen molar-refractivity contribution in [2.45, 2.75) is 44.1 Å². The van der Waals surface area contributed by atoms with Crippen LogP contribution in [0.4, 0.5) is 0 Å². The molecule has 4 nitrogen and oxygen atoms in total. The highest BCUT2D eigenvalue weighted by Gasteiger charge is 2.34. The van der Waals surface area contributed by atoms with Gasteiger partial charge in [0.25, 0.3) is 0 Å². The number of fused-ring (bicyclic) bond motifs is 1. The lowest BCUT2D eigenvalue weighted by Crippen LogP contribution is -2.55. The molecule has 22 heavy (non-hydrogen) atoms. The third kappa shape index (κ3) is 3.62. The smallest absolute Gasteiger partial charge is 0.240 e. The van der Waals surface area contributed by atoms with Gasteiger partial charge in [-0.1, -0.05) is 37.5 Å². The minimum Gasteiger partial charge on any atom is -0.461 e. The summed E-state index contributed by atoms with van der Waals surface area (Å²) in [5, 5.41) is 4.06. The highest BCUT2D eigenvalue weighted by molar-refractivity contribution is 5.86. The largest absolute Gasteiger partial charge is 0.461 e. The Morgan fingerprint density at radius 3 is 2.68 bits per heavy atom. The lowest BCUT2D eigenvalue weighted by atomic mass is 9.82. The number of furan rings is 1. The Morgan fingerprint density at radius 1 is 1.23 bits per heavy atom. The van der Waals surface area contributed by atoms with Crippen molar-refractivity contribution in [3.05, 3.63) is 36.1 Å². The fourth-order valence-corrected chi connectivity index (χ4v) is 3.05. The molecule has 0 unspecified atom stereocenters. The number of nitrogens with two attached hydrogens (primary N) is 1. The van der Waals surface area contributed by atoms with Crippen LogP contribution in [0.3, 0.4) is 0 Å². The first-order valence-electron chi connectivity index (χ1n) is 7.72. The molecule has 3 N–H and O–H groups in total. The predicted molar refractivity (Wildman–Crippen MR) is 90.2 cm³/mol. The molecule has 1 aliphatic rings. The van der Waals surface area contributed by atoms with E-state index in [1.807, 2.05) is 30.3 Å². The van der Waals surface area contributed by atoms with E-state index in [-0.39, 0.29) is 18.3 Å². The molecule has 1 amide bonds. The summed E-state index contributed by atoms with van der Waals surface area (Å²) >= 11 is 0. The number of hydrogen-bond donors (Lipinski definition) is 2. The van der Waals surface area contributed by atoms with Crippen molar-refractivity contribution in [1.82, 2.24) is 5.32 Å². The van der Waals surface area contributed by atoms with Crippen LogP contribution in [-0.2, 0) is 11.2 Å². The van der Waals surface area contributed by atoms with Crippen LogP contribution in [0.1, 0.15) is 37.9 Å². The zero-order chi connectivity index (χ0) is 14.7. The summed E-state index contributed by atoms with van der Waals surface area (Å²) in [5.41, 5.74) is 6.44. The normalized spacial score (nSPS) is 17.0. The number of hydrogen-bond acceptors (Lipinski definition) is 3. The first kappa shape index (κ1) is 16.8. The van der Waals surface area contributed by atoms with Crippen molar-refractivity contribution in [2.75, 3.05) is 6.54 Å². The van der Waals surface area contributed by atoms with Gasteiger partial charge in [0.2, 0.25) is 5.91 Å². The van der Waals surface area contributed by atoms with Crippen molar-refractivity contribution in [2.24, 2.45) is 5.73 Å². The topological polar surface area (TPSA) is 68.3 Å². The molecule has 1 aromatic heterocycles. The van der Waals surface area contributed by atoms with Gasteiger partial charge in [0.1, 0.15) is 11.3 Å². The number of carbonyl (C=O) groups is 1. The molecule has 1 fully saturated rings. The average molecular weight is 323 g/mol. The average Bonchev–Trinajstić information content (AvgIpc) is 2.90. The van der Waals surface area contributed by atoms with E-state index in [9.17, 15) is 4.79 Å². The molecule has 120 valence electrons. The first-order valence-corrected chi connectivity index (χ1v) is 7.72. The lowest BCUT2D eigenvalue weighted by Gasteiger charge is -2.31.